The highest BCUT2D eigenvalue weighted by molar-refractivity contribution is 7.99. The summed E-state index contributed by atoms with van der Waals surface area (Å²) in [6.07, 6.45) is 1.13. The minimum absolute atomic E-state index is 0.0563. The summed E-state index contributed by atoms with van der Waals surface area (Å²) in [5.41, 5.74) is 1.16. The first-order chi connectivity index (χ1) is 8.70. The van der Waals surface area contributed by atoms with Crippen LogP contribution in [-0.2, 0) is 0 Å². The maximum atomic E-state index is 11.8. The smallest absolute Gasteiger partial charge is 0.317 e. The number of urea groups is 1. The molecule has 0 unspecified atom stereocenters. The molecule has 0 aromatic heterocycles. The summed E-state index contributed by atoms with van der Waals surface area (Å²) in [5, 5.41) is 3.03. The summed E-state index contributed by atoms with van der Waals surface area (Å²) >= 11 is 1.83. The first kappa shape index (κ1) is 13.3. The van der Waals surface area contributed by atoms with Gasteiger partial charge in [-0.1, -0.05) is 19.1 Å². The average molecular weight is 264 g/mol. The molecule has 98 valence electrons. The fourth-order valence-corrected chi connectivity index (χ4v) is 2.56. The van der Waals surface area contributed by atoms with Gasteiger partial charge < -0.3 is 10.2 Å². The normalized spacial score (nSPS) is 16.0. The van der Waals surface area contributed by atoms with Crippen molar-refractivity contribution in [1.29, 1.82) is 0 Å². The molecule has 1 N–H and O–H groups in total. The first-order valence-corrected chi connectivity index (χ1v) is 7.47. The van der Waals surface area contributed by atoms with Gasteiger partial charge in [0.1, 0.15) is 0 Å². The van der Waals surface area contributed by atoms with Gasteiger partial charge >= 0.3 is 6.03 Å². The lowest BCUT2D eigenvalue weighted by Crippen LogP contribution is -2.48. The maximum absolute atomic E-state index is 11.8. The molecule has 0 bridgehead atoms. The van der Waals surface area contributed by atoms with Gasteiger partial charge in [-0.25, -0.2) is 4.79 Å². The van der Waals surface area contributed by atoms with Gasteiger partial charge in [0.25, 0.3) is 0 Å². The summed E-state index contributed by atoms with van der Waals surface area (Å²) in [6.45, 7) is 5.96. The van der Waals surface area contributed by atoms with Gasteiger partial charge in [0, 0.05) is 18.0 Å². The monoisotopic (exact) mass is 264 g/mol. The van der Waals surface area contributed by atoms with Crippen molar-refractivity contribution in [2.24, 2.45) is 0 Å². The van der Waals surface area contributed by atoms with Crippen LogP contribution in [0.15, 0.2) is 29.2 Å². The van der Waals surface area contributed by atoms with E-state index in [1.54, 1.807) is 0 Å². The highest BCUT2D eigenvalue weighted by Crippen LogP contribution is 2.21. The van der Waals surface area contributed by atoms with E-state index in [9.17, 15) is 4.79 Å². The number of carbonyl (C=O) groups excluding carboxylic acids is 1. The molecule has 18 heavy (non-hydrogen) atoms. The second kappa shape index (κ2) is 6.14. The quantitative estimate of drug-likeness (QED) is 0.846. The minimum Gasteiger partial charge on any atom is -0.331 e. The summed E-state index contributed by atoms with van der Waals surface area (Å²) in [6, 6.07) is 8.56. The molecule has 2 amide bonds. The molecule has 0 aliphatic carbocycles. The van der Waals surface area contributed by atoms with Gasteiger partial charge in [0.15, 0.2) is 0 Å². The third-order valence-corrected chi connectivity index (χ3v) is 4.07. The van der Waals surface area contributed by atoms with Gasteiger partial charge in [-0.2, -0.15) is 0 Å². The van der Waals surface area contributed by atoms with Crippen LogP contribution in [0.1, 0.15) is 31.9 Å². The third kappa shape index (κ3) is 3.19. The Bertz CT molecular complexity index is 401. The second-order valence-corrected chi connectivity index (χ2v) is 5.85. The molecule has 2 rings (SSSR count). The summed E-state index contributed by atoms with van der Waals surface area (Å²) in [5.74, 6) is 1.08. The lowest BCUT2D eigenvalue weighted by atomic mass is 10.1. The lowest BCUT2D eigenvalue weighted by Gasteiger charge is -2.32. The molecular formula is C14H20N2OS. The van der Waals surface area contributed by atoms with Crippen LogP contribution in [-0.4, -0.2) is 29.8 Å². The molecule has 0 radical (unpaired) electrons. The molecule has 1 aromatic carbocycles. The fraction of sp³-hybridized carbons (Fsp3) is 0.500. The van der Waals surface area contributed by atoms with Crippen LogP contribution >= 0.6 is 11.8 Å². The number of hydrogen-bond acceptors (Lipinski definition) is 2. The molecule has 1 aliphatic heterocycles. The second-order valence-electron chi connectivity index (χ2n) is 4.51. The van der Waals surface area contributed by atoms with E-state index in [1.165, 1.54) is 4.90 Å². The Morgan fingerprint density at radius 3 is 2.56 bits per heavy atom. The number of hydrogen-bond donors (Lipinski definition) is 1. The van der Waals surface area contributed by atoms with Crippen LogP contribution in [0.2, 0.25) is 0 Å². The predicted octanol–water partition coefficient (Wildman–Crippen LogP) is 3.27. The number of amides is 2. The molecule has 1 saturated heterocycles. The van der Waals surface area contributed by atoms with Gasteiger partial charge in [-0.05, 0) is 36.8 Å². The third-order valence-electron chi connectivity index (χ3n) is 3.17. The van der Waals surface area contributed by atoms with Crippen molar-refractivity contribution in [3.63, 3.8) is 0 Å². The molecular weight excluding hydrogens is 244 g/mol. The molecule has 1 aliphatic rings. The molecule has 4 heteroatoms. The van der Waals surface area contributed by atoms with Crippen LogP contribution in [0.25, 0.3) is 0 Å². The van der Waals surface area contributed by atoms with Crippen molar-refractivity contribution in [1.82, 2.24) is 10.2 Å². The van der Waals surface area contributed by atoms with E-state index >= 15 is 0 Å². The molecule has 1 atom stereocenters. The van der Waals surface area contributed by atoms with Crippen molar-refractivity contribution >= 4 is 17.8 Å². The molecule has 1 fully saturated rings. The number of rotatable bonds is 4. The van der Waals surface area contributed by atoms with Crippen LogP contribution in [0, 0.1) is 0 Å². The van der Waals surface area contributed by atoms with E-state index in [1.807, 2.05) is 23.6 Å². The largest absolute Gasteiger partial charge is 0.331 e. The summed E-state index contributed by atoms with van der Waals surface area (Å²) < 4.78 is 0. The van der Waals surface area contributed by atoms with E-state index < -0.39 is 0 Å². The van der Waals surface area contributed by atoms with E-state index in [-0.39, 0.29) is 12.1 Å². The zero-order chi connectivity index (χ0) is 13.0. The van der Waals surface area contributed by atoms with E-state index in [4.69, 9.17) is 0 Å². The number of nitrogens with one attached hydrogen (secondary N) is 1. The van der Waals surface area contributed by atoms with Crippen LogP contribution in [0.4, 0.5) is 4.79 Å². The Hall–Kier alpha value is -1.16. The SMILES string of the molecule is CCSc1ccc([C@@H](C)NC(=O)N2CCC2)cc1. The molecule has 3 nitrogen and oxygen atoms in total. The average Bonchev–Trinajstić information content (AvgIpc) is 2.27. The molecule has 1 aromatic rings. The predicted molar refractivity (Wildman–Crippen MR) is 76.0 cm³/mol. The van der Waals surface area contributed by atoms with Crippen LogP contribution in [0.3, 0.4) is 0 Å². The van der Waals surface area contributed by atoms with Gasteiger partial charge in [-0.15, -0.1) is 11.8 Å². The van der Waals surface area contributed by atoms with E-state index in [0.717, 1.165) is 30.8 Å². The van der Waals surface area contributed by atoms with Crippen LogP contribution < -0.4 is 5.32 Å². The number of nitrogens with zero attached hydrogens (tertiary/aromatic N) is 1. The zero-order valence-corrected chi connectivity index (χ0v) is 11.8. The molecule has 0 spiro atoms. The van der Waals surface area contributed by atoms with Crippen LogP contribution in [0.5, 0.6) is 0 Å². The highest BCUT2D eigenvalue weighted by atomic mass is 32.2. The Balaban J connectivity index is 1.91. The van der Waals surface area contributed by atoms with Gasteiger partial charge in [0.2, 0.25) is 0 Å². The standard InChI is InChI=1S/C14H20N2OS/c1-3-18-13-7-5-12(6-8-13)11(2)15-14(17)16-9-4-10-16/h5-8,11H,3-4,9-10H2,1-2H3,(H,15,17)/t11-/m1/s1. The van der Waals surface area contributed by atoms with E-state index in [0.29, 0.717) is 0 Å². The highest BCUT2D eigenvalue weighted by Gasteiger charge is 2.21. The minimum atomic E-state index is 0.0563. The maximum Gasteiger partial charge on any atom is 0.317 e. The van der Waals surface area contributed by atoms with Crippen molar-refractivity contribution in [2.75, 3.05) is 18.8 Å². The van der Waals surface area contributed by atoms with Gasteiger partial charge in [0.05, 0.1) is 6.04 Å². The molecule has 1 heterocycles. The number of likely N-dealkylation sites (tertiary alicyclic amines) is 1. The Morgan fingerprint density at radius 1 is 1.39 bits per heavy atom. The number of thioether (sulfide) groups is 1. The van der Waals surface area contributed by atoms with Crippen molar-refractivity contribution in [2.45, 2.75) is 31.2 Å². The van der Waals surface area contributed by atoms with Crippen molar-refractivity contribution < 1.29 is 4.79 Å². The summed E-state index contributed by atoms with van der Waals surface area (Å²) in [4.78, 5) is 14.9. The topological polar surface area (TPSA) is 32.3 Å². The van der Waals surface area contributed by atoms with Crippen molar-refractivity contribution in [3.8, 4) is 0 Å². The van der Waals surface area contributed by atoms with E-state index in [2.05, 4.69) is 36.5 Å². The Morgan fingerprint density at radius 2 is 2.06 bits per heavy atom. The number of benzene rings is 1. The zero-order valence-electron chi connectivity index (χ0n) is 11.0. The Kier molecular flexibility index (Phi) is 4.53. The fourth-order valence-electron chi connectivity index (χ4n) is 1.90. The van der Waals surface area contributed by atoms with Crippen molar-refractivity contribution in [3.05, 3.63) is 29.8 Å². The number of carbonyl (C=O) groups is 1. The first-order valence-electron chi connectivity index (χ1n) is 6.49. The summed E-state index contributed by atoms with van der Waals surface area (Å²) in [7, 11) is 0. The molecule has 0 saturated carbocycles. The van der Waals surface area contributed by atoms with Gasteiger partial charge in [-0.3, -0.25) is 0 Å². The lowest BCUT2D eigenvalue weighted by molar-refractivity contribution is 0.164. The Labute approximate surface area is 113 Å².